The first-order chi connectivity index (χ1) is 13.0. The molecule has 1 N–H and O–H groups in total. The van der Waals surface area contributed by atoms with Gasteiger partial charge < -0.3 is 10.1 Å². The number of esters is 1. The third-order valence-electron chi connectivity index (χ3n) is 3.69. The molecule has 0 heterocycles. The third kappa shape index (κ3) is 11.5. The minimum atomic E-state index is -0.635. The molecule has 152 valence electrons. The van der Waals surface area contributed by atoms with E-state index in [0.717, 1.165) is 0 Å². The summed E-state index contributed by atoms with van der Waals surface area (Å²) in [5.74, 6) is 0.856. The van der Waals surface area contributed by atoms with Gasteiger partial charge in [0.15, 0.2) is 0 Å². The number of thioether (sulfide) groups is 1. The molecule has 0 unspecified atom stereocenters. The van der Waals surface area contributed by atoms with Gasteiger partial charge in [0, 0.05) is 18.1 Å². The zero-order valence-electron chi connectivity index (χ0n) is 16.4. The Balaban J connectivity index is 0.00000105. The van der Waals surface area contributed by atoms with Crippen LogP contribution in [0.4, 0.5) is 0 Å². The molecule has 2 aliphatic carbocycles. The smallest absolute Gasteiger partial charge is 0.467 e. The van der Waals surface area contributed by atoms with Crippen molar-refractivity contribution in [3.05, 3.63) is 63.7 Å². The first-order valence-corrected chi connectivity index (χ1v) is 9.97. The quantitative estimate of drug-likeness (QED) is 0.335. The Morgan fingerprint density at radius 2 is 1.54 bits per heavy atom. The number of carbonyl (C=O) groups is 3. The molecule has 0 saturated heterocycles. The Labute approximate surface area is 185 Å². The molecule has 5 nitrogen and oxygen atoms in total. The predicted octanol–water partition coefficient (Wildman–Crippen LogP) is 2.42. The van der Waals surface area contributed by atoms with Gasteiger partial charge in [-0.1, -0.05) is 13.8 Å². The van der Waals surface area contributed by atoms with Crippen LogP contribution in [0.25, 0.3) is 0 Å². The Hall–Kier alpha value is -0.521. The van der Waals surface area contributed by atoms with Crippen LogP contribution in [0.15, 0.2) is 0 Å². The molecule has 0 aliphatic heterocycles. The van der Waals surface area contributed by atoms with Gasteiger partial charge in [-0.05, 0) is 63.7 Å². The van der Waals surface area contributed by atoms with Gasteiger partial charge in [0.2, 0.25) is 5.91 Å². The minimum absolute atomic E-state index is 0. The van der Waals surface area contributed by atoms with E-state index in [1.165, 1.54) is 18.9 Å². The van der Waals surface area contributed by atoms with E-state index < -0.39 is 12.0 Å². The number of ether oxygens (including phenoxy) is 1. The molecule has 0 aromatic carbocycles. The monoisotopic (exact) mass is 445 g/mol. The van der Waals surface area contributed by atoms with Gasteiger partial charge in [-0.15, -0.1) is 0 Å². The molecule has 1 amide bonds. The van der Waals surface area contributed by atoms with E-state index in [2.05, 4.69) is 10.1 Å². The average molecular weight is 445 g/mol. The normalized spacial score (nSPS) is 17.3. The first-order valence-electron chi connectivity index (χ1n) is 8.82. The second-order valence-corrected chi connectivity index (χ2v) is 7.28. The molecule has 0 bridgehead atoms. The minimum Gasteiger partial charge on any atom is -0.467 e. The number of rotatable bonds is 9. The summed E-state index contributed by atoms with van der Waals surface area (Å²) in [7, 11) is 1.30. The van der Waals surface area contributed by atoms with Crippen molar-refractivity contribution in [3.8, 4) is 0 Å². The third-order valence-corrected chi connectivity index (χ3v) is 4.64. The summed E-state index contributed by atoms with van der Waals surface area (Å²) in [6.45, 7) is 3.68. The van der Waals surface area contributed by atoms with Crippen LogP contribution in [0.2, 0.25) is 0 Å². The number of ketones is 1. The van der Waals surface area contributed by atoms with Crippen molar-refractivity contribution in [2.24, 2.45) is 5.92 Å². The molecular weight excluding hydrogens is 418 g/mol. The van der Waals surface area contributed by atoms with Crippen molar-refractivity contribution < 1.29 is 36.2 Å². The van der Waals surface area contributed by atoms with E-state index >= 15 is 0 Å². The second-order valence-electron chi connectivity index (χ2n) is 6.17. The Kier molecular flexibility index (Phi) is 16.0. The van der Waals surface area contributed by atoms with Gasteiger partial charge in [0.25, 0.3) is 0 Å². The summed E-state index contributed by atoms with van der Waals surface area (Å²) in [4.78, 5) is 35.1. The van der Waals surface area contributed by atoms with E-state index in [9.17, 15) is 14.4 Å². The topological polar surface area (TPSA) is 72.5 Å². The summed E-state index contributed by atoms with van der Waals surface area (Å²) in [6.07, 6.45) is 17.6. The van der Waals surface area contributed by atoms with Crippen molar-refractivity contribution in [2.45, 2.75) is 26.3 Å². The fourth-order valence-electron chi connectivity index (χ4n) is 2.19. The van der Waals surface area contributed by atoms with Gasteiger partial charge in [0.1, 0.15) is 11.8 Å². The first kappa shape index (κ1) is 27.5. The number of hydrogen-bond acceptors (Lipinski definition) is 5. The van der Waals surface area contributed by atoms with Crippen LogP contribution in [0.5, 0.6) is 0 Å². The molecule has 2 saturated carbocycles. The maximum absolute atomic E-state index is 11.8. The van der Waals surface area contributed by atoms with Gasteiger partial charge in [-0.25, -0.2) is 4.79 Å². The number of methoxy groups -OCH3 is 1. The largest absolute Gasteiger partial charge is 2.00 e. The van der Waals surface area contributed by atoms with Crippen molar-refractivity contribution in [2.75, 3.05) is 18.6 Å². The Morgan fingerprint density at radius 3 is 2.00 bits per heavy atom. The molecule has 0 aromatic rings. The summed E-state index contributed by atoms with van der Waals surface area (Å²) < 4.78 is 4.67. The molecule has 7 heteroatoms. The van der Waals surface area contributed by atoms with E-state index in [4.69, 9.17) is 0 Å². The zero-order chi connectivity index (χ0) is 20.1. The molecule has 2 aliphatic rings. The maximum atomic E-state index is 11.8. The van der Waals surface area contributed by atoms with E-state index in [-0.39, 0.29) is 40.4 Å². The number of hydrogen-bond donors (Lipinski definition) is 1. The fourth-order valence-corrected chi connectivity index (χ4v) is 2.94. The standard InChI is InChI=1S/C16H22NO4S.C5H5.Fe/c1-11(2)15(16(20)21-3)17-14(19)10-22-9-8-13(18)12-6-4-5-7-12;1-2-4-5-3-1;/h4-7,11,15H,8-10H2,1-3H3,(H,17,19);1-5H;/q;;+2/t15-;;/m0../s1. The zero-order valence-corrected chi connectivity index (χ0v) is 18.3. The van der Waals surface area contributed by atoms with Crippen molar-refractivity contribution in [1.29, 1.82) is 0 Å². The summed E-state index contributed by atoms with van der Waals surface area (Å²) in [5.41, 5.74) is 0. The van der Waals surface area contributed by atoms with Crippen LogP contribution in [-0.2, 0) is 36.2 Å². The summed E-state index contributed by atoms with van der Waals surface area (Å²) >= 11 is 1.37. The molecule has 2 rings (SSSR count). The number of nitrogens with one attached hydrogen (secondary N) is 1. The molecule has 0 aromatic heterocycles. The van der Waals surface area contributed by atoms with E-state index in [1.807, 2.05) is 58.8 Å². The Morgan fingerprint density at radius 1 is 1.00 bits per heavy atom. The van der Waals surface area contributed by atoms with Gasteiger partial charge in [-0.3, -0.25) is 9.59 Å². The van der Waals surface area contributed by atoms with Crippen molar-refractivity contribution in [1.82, 2.24) is 5.32 Å². The van der Waals surface area contributed by atoms with Crippen LogP contribution >= 0.6 is 11.8 Å². The van der Waals surface area contributed by atoms with Crippen LogP contribution in [0.3, 0.4) is 0 Å². The van der Waals surface area contributed by atoms with Gasteiger partial charge in [0.05, 0.1) is 12.9 Å². The summed E-state index contributed by atoms with van der Waals surface area (Å²) in [5, 5.41) is 2.66. The van der Waals surface area contributed by atoms with Gasteiger partial charge >= 0.3 is 23.0 Å². The van der Waals surface area contributed by atoms with E-state index in [1.54, 1.807) is 12.8 Å². The van der Waals surface area contributed by atoms with Crippen LogP contribution in [0.1, 0.15) is 20.3 Å². The molecule has 2 fully saturated rings. The molecule has 10 radical (unpaired) electrons. The van der Waals surface area contributed by atoms with E-state index in [0.29, 0.717) is 18.1 Å². The average Bonchev–Trinajstić information content (AvgIpc) is 3.38. The van der Waals surface area contributed by atoms with Crippen LogP contribution in [0, 0.1) is 69.6 Å². The number of Topliss-reactive ketones (excluding diaryl/α,β-unsaturated/α-hetero) is 1. The van der Waals surface area contributed by atoms with Crippen molar-refractivity contribution in [3.63, 3.8) is 0 Å². The number of carbonyl (C=O) groups excluding carboxylic acids is 3. The molecule has 0 spiro atoms. The van der Waals surface area contributed by atoms with Crippen LogP contribution < -0.4 is 5.32 Å². The van der Waals surface area contributed by atoms with Gasteiger partial charge in [-0.2, -0.15) is 11.8 Å². The molecular formula is C21H27FeNO4S+2. The van der Waals surface area contributed by atoms with Crippen molar-refractivity contribution >= 4 is 29.4 Å². The molecule has 1 atom stereocenters. The predicted molar refractivity (Wildman–Crippen MR) is 108 cm³/mol. The number of amides is 1. The summed E-state index contributed by atoms with van der Waals surface area (Å²) in [6, 6.07) is -0.635. The fraction of sp³-hybridized carbons (Fsp3) is 0.381. The maximum Gasteiger partial charge on any atom is 2.00 e. The second kappa shape index (κ2) is 16.3. The Bertz CT molecular complexity index is 456. The SMILES string of the molecule is COC(=O)[C@@H](NC(=O)CSCCC(=O)[C]1[CH][CH][CH][CH]1)C(C)C.[CH]1[CH][CH][CH][CH]1.[Fe+2]. The van der Waals surface area contributed by atoms with Crippen LogP contribution in [-0.4, -0.2) is 42.3 Å². The molecule has 28 heavy (non-hydrogen) atoms.